The number of fused-ring (bicyclic) bond motifs is 2. The molecule has 1 fully saturated rings. The first-order valence-corrected chi connectivity index (χ1v) is 12.0. The molecule has 12 heteroatoms. The Morgan fingerprint density at radius 2 is 1.73 bits per heavy atom. The summed E-state index contributed by atoms with van der Waals surface area (Å²) < 4.78 is 49.4. The zero-order valence-electron chi connectivity index (χ0n) is 19.8. The average molecular weight is 540 g/mol. The molecule has 1 atom stereocenters. The second-order valence-electron chi connectivity index (χ2n) is 8.86. The number of alkyl halides is 3. The summed E-state index contributed by atoms with van der Waals surface area (Å²) in [5.41, 5.74) is 2.63. The SMILES string of the molecule is CC(NC(=O)c1ccc(CNc2c(Cl)ccc3c2CCNCC32OC(=O)CCC(=O)O2)cc1)C(F)(F)F. The summed E-state index contributed by atoms with van der Waals surface area (Å²) in [6.45, 7) is 1.75. The molecular weight excluding hydrogens is 515 g/mol. The highest BCUT2D eigenvalue weighted by atomic mass is 35.5. The molecule has 8 nitrogen and oxygen atoms in total. The minimum atomic E-state index is -4.53. The number of carbonyl (C=O) groups is 3. The number of rotatable bonds is 5. The Morgan fingerprint density at radius 1 is 1.08 bits per heavy atom. The maximum absolute atomic E-state index is 12.7. The molecule has 0 aromatic heterocycles. The van der Waals surface area contributed by atoms with Crippen LogP contribution in [-0.2, 0) is 37.8 Å². The van der Waals surface area contributed by atoms with E-state index in [1.54, 1.807) is 24.3 Å². The van der Waals surface area contributed by atoms with Gasteiger partial charge in [-0.05, 0) is 55.3 Å². The lowest BCUT2D eigenvalue weighted by Gasteiger charge is -2.32. The standard InChI is InChI=1S/C25H25ClF3N3O5/c1-14(25(27,28)29)32-23(35)16-4-2-15(3-5-16)12-31-22-17-10-11-30-13-24(18(17)6-7-19(22)26)36-20(33)8-9-21(34)37-24/h2-7,14,30-31H,8-13H2,1H3,(H,32,35). The number of hydrogen-bond acceptors (Lipinski definition) is 7. The number of amides is 1. The van der Waals surface area contributed by atoms with E-state index >= 15 is 0 Å². The molecule has 1 saturated heterocycles. The third-order valence-corrected chi connectivity index (χ3v) is 6.51. The van der Waals surface area contributed by atoms with Gasteiger partial charge in [-0.3, -0.25) is 14.4 Å². The number of carbonyl (C=O) groups excluding carboxylic acids is 3. The van der Waals surface area contributed by atoms with E-state index in [1.165, 1.54) is 12.1 Å². The van der Waals surface area contributed by atoms with E-state index in [0.717, 1.165) is 18.1 Å². The molecule has 4 rings (SSSR count). The molecule has 2 aromatic carbocycles. The van der Waals surface area contributed by atoms with Crippen LogP contribution in [0.1, 0.15) is 46.8 Å². The summed E-state index contributed by atoms with van der Waals surface area (Å²) in [6.07, 6.45) is -4.17. The Bertz CT molecular complexity index is 1190. The average Bonchev–Trinajstić information content (AvgIpc) is 3.10. The third kappa shape index (κ3) is 5.99. The number of esters is 2. The van der Waals surface area contributed by atoms with Crippen LogP contribution in [0.25, 0.3) is 0 Å². The van der Waals surface area contributed by atoms with Crippen molar-refractivity contribution in [3.8, 4) is 0 Å². The van der Waals surface area contributed by atoms with E-state index < -0.39 is 35.9 Å². The summed E-state index contributed by atoms with van der Waals surface area (Å²) in [5, 5.41) is 8.73. The van der Waals surface area contributed by atoms with Gasteiger partial charge in [0.25, 0.3) is 11.7 Å². The molecule has 1 amide bonds. The molecule has 37 heavy (non-hydrogen) atoms. The van der Waals surface area contributed by atoms with Gasteiger partial charge in [0.1, 0.15) is 6.04 Å². The summed E-state index contributed by atoms with van der Waals surface area (Å²) in [5.74, 6) is -3.52. The van der Waals surface area contributed by atoms with Gasteiger partial charge >= 0.3 is 18.1 Å². The van der Waals surface area contributed by atoms with Crippen molar-refractivity contribution in [1.29, 1.82) is 0 Å². The molecule has 2 aliphatic heterocycles. The summed E-state index contributed by atoms with van der Waals surface area (Å²) in [7, 11) is 0. The van der Waals surface area contributed by atoms with Crippen molar-refractivity contribution in [2.75, 3.05) is 18.4 Å². The quantitative estimate of drug-likeness (QED) is 0.496. The number of halogens is 4. The van der Waals surface area contributed by atoms with Gasteiger partial charge in [-0.15, -0.1) is 0 Å². The van der Waals surface area contributed by atoms with Gasteiger partial charge < -0.3 is 25.4 Å². The van der Waals surface area contributed by atoms with Crippen LogP contribution in [0.2, 0.25) is 5.02 Å². The fourth-order valence-electron chi connectivity index (χ4n) is 4.19. The molecule has 2 aromatic rings. The Balaban J connectivity index is 1.54. The Hall–Kier alpha value is -3.31. The lowest BCUT2D eigenvalue weighted by atomic mass is 9.96. The van der Waals surface area contributed by atoms with Crippen LogP contribution in [0.4, 0.5) is 18.9 Å². The molecule has 1 unspecified atom stereocenters. The largest absolute Gasteiger partial charge is 0.416 e. The molecule has 2 heterocycles. The molecule has 0 bridgehead atoms. The molecule has 2 aliphatic rings. The van der Waals surface area contributed by atoms with Crippen LogP contribution in [0.5, 0.6) is 0 Å². The maximum Gasteiger partial charge on any atom is 0.408 e. The van der Waals surface area contributed by atoms with Crippen LogP contribution in [0, 0.1) is 0 Å². The Labute approximate surface area is 215 Å². The van der Waals surface area contributed by atoms with E-state index in [4.69, 9.17) is 21.1 Å². The van der Waals surface area contributed by atoms with Gasteiger partial charge in [0.15, 0.2) is 0 Å². The van der Waals surface area contributed by atoms with E-state index in [9.17, 15) is 27.6 Å². The smallest absolute Gasteiger partial charge is 0.408 e. The fourth-order valence-corrected chi connectivity index (χ4v) is 4.44. The minimum absolute atomic E-state index is 0.0717. The molecular formula is C25H25ClF3N3O5. The number of hydrogen-bond donors (Lipinski definition) is 3. The first kappa shape index (κ1) is 26.7. The van der Waals surface area contributed by atoms with Gasteiger partial charge in [0.05, 0.1) is 30.1 Å². The van der Waals surface area contributed by atoms with Crippen molar-refractivity contribution in [2.24, 2.45) is 0 Å². The van der Waals surface area contributed by atoms with Crippen molar-refractivity contribution in [3.63, 3.8) is 0 Å². The van der Waals surface area contributed by atoms with E-state index in [0.29, 0.717) is 29.2 Å². The normalized spacial score (nSPS) is 18.1. The van der Waals surface area contributed by atoms with Gasteiger partial charge in [0.2, 0.25) is 0 Å². The zero-order valence-corrected chi connectivity index (χ0v) is 20.6. The van der Waals surface area contributed by atoms with Crippen LogP contribution in [0.3, 0.4) is 0 Å². The highest BCUT2D eigenvalue weighted by Crippen LogP contribution is 2.40. The number of benzene rings is 2. The lowest BCUT2D eigenvalue weighted by molar-refractivity contribution is -0.225. The third-order valence-electron chi connectivity index (χ3n) is 6.20. The maximum atomic E-state index is 12.7. The first-order valence-electron chi connectivity index (χ1n) is 11.6. The van der Waals surface area contributed by atoms with Crippen molar-refractivity contribution < 1.29 is 37.0 Å². The van der Waals surface area contributed by atoms with Crippen LogP contribution in [0.15, 0.2) is 36.4 Å². The van der Waals surface area contributed by atoms with E-state index in [2.05, 4.69) is 10.6 Å². The predicted molar refractivity (Wildman–Crippen MR) is 128 cm³/mol. The van der Waals surface area contributed by atoms with Crippen LogP contribution >= 0.6 is 11.6 Å². The number of nitrogens with one attached hydrogen (secondary N) is 3. The van der Waals surface area contributed by atoms with Crippen molar-refractivity contribution in [1.82, 2.24) is 10.6 Å². The van der Waals surface area contributed by atoms with Crippen molar-refractivity contribution in [3.05, 3.63) is 63.7 Å². The summed E-state index contributed by atoms with van der Waals surface area (Å²) in [4.78, 5) is 36.7. The molecule has 3 N–H and O–H groups in total. The molecule has 0 radical (unpaired) electrons. The lowest BCUT2D eigenvalue weighted by Crippen LogP contribution is -2.43. The molecule has 198 valence electrons. The molecule has 0 aliphatic carbocycles. The summed E-state index contributed by atoms with van der Waals surface area (Å²) >= 11 is 6.51. The predicted octanol–water partition coefficient (Wildman–Crippen LogP) is 3.81. The zero-order chi connectivity index (χ0) is 26.8. The number of ether oxygens (including phenoxy) is 2. The monoisotopic (exact) mass is 539 g/mol. The molecule has 1 spiro atoms. The van der Waals surface area contributed by atoms with E-state index in [-0.39, 0.29) is 31.5 Å². The first-order chi connectivity index (χ1) is 17.5. The van der Waals surface area contributed by atoms with Crippen LogP contribution in [-0.4, -0.2) is 43.2 Å². The topological polar surface area (TPSA) is 106 Å². The fraction of sp³-hybridized carbons (Fsp3) is 0.400. The second kappa shape index (κ2) is 10.6. The highest BCUT2D eigenvalue weighted by molar-refractivity contribution is 6.33. The van der Waals surface area contributed by atoms with Crippen molar-refractivity contribution in [2.45, 2.75) is 50.7 Å². The summed E-state index contributed by atoms with van der Waals surface area (Å²) in [6, 6.07) is 7.44. The van der Waals surface area contributed by atoms with Gasteiger partial charge in [-0.25, -0.2) is 0 Å². The van der Waals surface area contributed by atoms with Crippen molar-refractivity contribution >= 4 is 35.1 Å². The van der Waals surface area contributed by atoms with Crippen LogP contribution < -0.4 is 16.0 Å². The molecule has 0 saturated carbocycles. The van der Waals surface area contributed by atoms with Gasteiger partial charge in [-0.2, -0.15) is 13.2 Å². The van der Waals surface area contributed by atoms with E-state index in [1.807, 2.05) is 5.32 Å². The number of anilines is 1. The minimum Gasteiger partial charge on any atom is -0.416 e. The van der Waals surface area contributed by atoms with Gasteiger partial charge in [0, 0.05) is 17.7 Å². The Morgan fingerprint density at radius 3 is 2.35 bits per heavy atom. The van der Waals surface area contributed by atoms with Gasteiger partial charge in [-0.1, -0.05) is 23.7 Å². The Kier molecular flexibility index (Phi) is 7.65. The second-order valence-corrected chi connectivity index (χ2v) is 9.27. The highest BCUT2D eigenvalue weighted by Gasteiger charge is 2.46.